The van der Waals surface area contributed by atoms with Crippen LogP contribution in [-0.2, 0) is 6.42 Å². The summed E-state index contributed by atoms with van der Waals surface area (Å²) in [5.41, 5.74) is 4.14. The number of rotatable bonds is 4. The fourth-order valence-corrected chi connectivity index (χ4v) is 2.04. The standard InChI is InChI=1S/C16H16O2/c1-2-12-5-3-4-6-15(12)13-7-9-14(10-8-13)16(18)11-17/h3-10,17H,2,11H2,1H3. The first-order valence-corrected chi connectivity index (χ1v) is 6.08. The highest BCUT2D eigenvalue weighted by Gasteiger charge is 2.06. The number of aryl methyl sites for hydroxylation is 1. The van der Waals surface area contributed by atoms with Gasteiger partial charge >= 0.3 is 0 Å². The molecule has 0 heterocycles. The number of hydrogen-bond acceptors (Lipinski definition) is 2. The topological polar surface area (TPSA) is 37.3 Å². The first-order chi connectivity index (χ1) is 8.76. The van der Waals surface area contributed by atoms with Crippen LogP contribution in [0.2, 0.25) is 0 Å². The third-order valence-corrected chi connectivity index (χ3v) is 3.06. The first kappa shape index (κ1) is 12.5. The third-order valence-electron chi connectivity index (χ3n) is 3.06. The van der Waals surface area contributed by atoms with Crippen molar-refractivity contribution in [3.63, 3.8) is 0 Å². The van der Waals surface area contributed by atoms with Crippen molar-refractivity contribution >= 4 is 5.78 Å². The lowest BCUT2D eigenvalue weighted by Crippen LogP contribution is -2.03. The fourth-order valence-electron chi connectivity index (χ4n) is 2.04. The van der Waals surface area contributed by atoms with E-state index in [1.165, 1.54) is 11.1 Å². The van der Waals surface area contributed by atoms with Gasteiger partial charge < -0.3 is 5.11 Å². The summed E-state index contributed by atoms with van der Waals surface area (Å²) >= 11 is 0. The van der Waals surface area contributed by atoms with Crippen molar-refractivity contribution in [2.45, 2.75) is 13.3 Å². The molecule has 0 fully saturated rings. The molecule has 0 atom stereocenters. The van der Waals surface area contributed by atoms with E-state index in [9.17, 15) is 4.79 Å². The maximum atomic E-state index is 11.3. The van der Waals surface area contributed by atoms with Crippen molar-refractivity contribution in [1.29, 1.82) is 0 Å². The second-order valence-electron chi connectivity index (χ2n) is 4.17. The van der Waals surface area contributed by atoms with E-state index in [0.29, 0.717) is 5.56 Å². The monoisotopic (exact) mass is 240 g/mol. The summed E-state index contributed by atoms with van der Waals surface area (Å²) in [5.74, 6) is -0.245. The van der Waals surface area contributed by atoms with Crippen LogP contribution in [0.15, 0.2) is 48.5 Å². The number of carbonyl (C=O) groups is 1. The number of aliphatic hydroxyl groups excluding tert-OH is 1. The highest BCUT2D eigenvalue weighted by Crippen LogP contribution is 2.24. The molecule has 0 radical (unpaired) electrons. The molecule has 0 aliphatic heterocycles. The van der Waals surface area contributed by atoms with Gasteiger partial charge in [0.15, 0.2) is 5.78 Å². The normalized spacial score (nSPS) is 10.3. The molecule has 0 aliphatic rings. The molecule has 0 unspecified atom stereocenters. The van der Waals surface area contributed by atoms with Crippen molar-refractivity contribution in [3.05, 3.63) is 59.7 Å². The fraction of sp³-hybridized carbons (Fsp3) is 0.188. The predicted octanol–water partition coefficient (Wildman–Crippen LogP) is 3.09. The molecule has 0 amide bonds. The summed E-state index contributed by atoms with van der Waals surface area (Å²) in [6.07, 6.45) is 0.980. The molecule has 0 bridgehead atoms. The summed E-state index contributed by atoms with van der Waals surface area (Å²) in [5, 5.41) is 8.81. The lowest BCUT2D eigenvalue weighted by atomic mass is 9.97. The van der Waals surface area contributed by atoms with Gasteiger partial charge in [-0.1, -0.05) is 55.5 Å². The zero-order valence-corrected chi connectivity index (χ0v) is 10.4. The first-order valence-electron chi connectivity index (χ1n) is 6.08. The number of benzene rings is 2. The molecule has 0 saturated heterocycles. The van der Waals surface area contributed by atoms with E-state index in [0.717, 1.165) is 12.0 Å². The molecule has 1 N–H and O–H groups in total. The summed E-state index contributed by atoms with van der Waals surface area (Å²) in [6.45, 7) is 1.69. The molecular weight excluding hydrogens is 224 g/mol. The van der Waals surface area contributed by atoms with Crippen LogP contribution in [0.5, 0.6) is 0 Å². The molecule has 2 aromatic carbocycles. The Balaban J connectivity index is 2.37. The molecule has 0 saturated carbocycles. The minimum Gasteiger partial charge on any atom is -0.388 e. The maximum Gasteiger partial charge on any atom is 0.188 e. The minimum absolute atomic E-state index is 0.245. The average Bonchev–Trinajstić information content (AvgIpc) is 2.46. The molecular formula is C16H16O2. The van der Waals surface area contributed by atoms with E-state index < -0.39 is 6.61 Å². The Morgan fingerprint density at radius 1 is 1.06 bits per heavy atom. The number of Topliss-reactive ketones (excluding diaryl/α,β-unsaturated/α-hetero) is 1. The van der Waals surface area contributed by atoms with Crippen molar-refractivity contribution in [1.82, 2.24) is 0 Å². The smallest absolute Gasteiger partial charge is 0.188 e. The van der Waals surface area contributed by atoms with Gasteiger partial charge in [-0.3, -0.25) is 4.79 Å². The Morgan fingerprint density at radius 2 is 1.72 bits per heavy atom. The minimum atomic E-state index is -0.440. The Hall–Kier alpha value is -1.93. The molecule has 18 heavy (non-hydrogen) atoms. The Kier molecular flexibility index (Phi) is 3.90. The molecule has 2 nitrogen and oxygen atoms in total. The van der Waals surface area contributed by atoms with Crippen molar-refractivity contribution < 1.29 is 9.90 Å². The Labute approximate surface area is 107 Å². The zero-order chi connectivity index (χ0) is 13.0. The molecule has 2 rings (SSSR count). The Bertz CT molecular complexity index is 541. The molecule has 0 aliphatic carbocycles. The molecule has 2 aromatic rings. The molecule has 92 valence electrons. The van der Waals surface area contributed by atoms with Gasteiger partial charge in [-0.2, -0.15) is 0 Å². The van der Waals surface area contributed by atoms with E-state index >= 15 is 0 Å². The van der Waals surface area contributed by atoms with Gasteiger partial charge in [0, 0.05) is 5.56 Å². The van der Waals surface area contributed by atoms with E-state index in [2.05, 4.69) is 19.1 Å². The van der Waals surface area contributed by atoms with Crippen molar-refractivity contribution in [3.8, 4) is 11.1 Å². The van der Waals surface area contributed by atoms with Gasteiger partial charge in [0.2, 0.25) is 0 Å². The molecule has 2 heteroatoms. The second kappa shape index (κ2) is 5.61. The number of ketones is 1. The van der Waals surface area contributed by atoms with Crippen LogP contribution in [-0.4, -0.2) is 17.5 Å². The second-order valence-corrected chi connectivity index (χ2v) is 4.17. The highest BCUT2D eigenvalue weighted by atomic mass is 16.3. The van der Waals surface area contributed by atoms with Crippen LogP contribution in [0.1, 0.15) is 22.8 Å². The average molecular weight is 240 g/mol. The van der Waals surface area contributed by atoms with E-state index in [4.69, 9.17) is 5.11 Å². The largest absolute Gasteiger partial charge is 0.388 e. The van der Waals surface area contributed by atoms with Crippen molar-refractivity contribution in [2.24, 2.45) is 0 Å². The quantitative estimate of drug-likeness (QED) is 0.834. The van der Waals surface area contributed by atoms with Crippen LogP contribution in [0, 0.1) is 0 Å². The van der Waals surface area contributed by atoms with Gasteiger partial charge in [-0.25, -0.2) is 0 Å². The van der Waals surface area contributed by atoms with Gasteiger partial charge in [-0.15, -0.1) is 0 Å². The summed E-state index contributed by atoms with van der Waals surface area (Å²) in [6, 6.07) is 15.6. The van der Waals surface area contributed by atoms with Crippen LogP contribution in [0.4, 0.5) is 0 Å². The van der Waals surface area contributed by atoms with Gasteiger partial charge in [0.25, 0.3) is 0 Å². The van der Waals surface area contributed by atoms with Gasteiger partial charge in [-0.05, 0) is 23.1 Å². The number of aliphatic hydroxyl groups is 1. The lowest BCUT2D eigenvalue weighted by Gasteiger charge is -2.08. The predicted molar refractivity (Wildman–Crippen MR) is 72.7 cm³/mol. The lowest BCUT2D eigenvalue weighted by molar-refractivity contribution is 0.0904. The maximum absolute atomic E-state index is 11.3. The van der Waals surface area contributed by atoms with Crippen LogP contribution >= 0.6 is 0 Å². The SMILES string of the molecule is CCc1ccccc1-c1ccc(C(=O)CO)cc1. The van der Waals surface area contributed by atoms with Gasteiger partial charge in [0.05, 0.1) is 0 Å². The van der Waals surface area contributed by atoms with Crippen LogP contribution in [0.25, 0.3) is 11.1 Å². The van der Waals surface area contributed by atoms with E-state index in [1.807, 2.05) is 24.3 Å². The van der Waals surface area contributed by atoms with Crippen LogP contribution in [0.3, 0.4) is 0 Å². The van der Waals surface area contributed by atoms with Gasteiger partial charge in [0.1, 0.15) is 6.61 Å². The summed E-state index contributed by atoms with van der Waals surface area (Å²) in [4.78, 5) is 11.3. The van der Waals surface area contributed by atoms with E-state index in [-0.39, 0.29) is 5.78 Å². The zero-order valence-electron chi connectivity index (χ0n) is 10.4. The highest BCUT2D eigenvalue weighted by molar-refractivity contribution is 5.97. The number of hydrogen-bond donors (Lipinski definition) is 1. The molecule has 0 aromatic heterocycles. The molecule has 0 spiro atoms. The third kappa shape index (κ3) is 2.49. The van der Waals surface area contributed by atoms with Crippen molar-refractivity contribution in [2.75, 3.05) is 6.61 Å². The number of carbonyl (C=O) groups excluding carboxylic acids is 1. The van der Waals surface area contributed by atoms with Crippen LogP contribution < -0.4 is 0 Å². The summed E-state index contributed by atoms with van der Waals surface area (Å²) < 4.78 is 0. The van der Waals surface area contributed by atoms with E-state index in [1.54, 1.807) is 12.1 Å². The Morgan fingerprint density at radius 3 is 2.33 bits per heavy atom. The summed E-state index contributed by atoms with van der Waals surface area (Å²) in [7, 11) is 0.